The number of nitrogens with zero attached hydrogens (tertiary/aromatic N) is 1. The molecule has 0 aromatic heterocycles. The van der Waals surface area contributed by atoms with E-state index in [1.54, 1.807) is 7.11 Å². The van der Waals surface area contributed by atoms with Crippen molar-refractivity contribution in [3.63, 3.8) is 0 Å². The van der Waals surface area contributed by atoms with E-state index >= 15 is 0 Å². The molecule has 1 N–H and O–H groups in total. The Bertz CT molecular complexity index is 258. The van der Waals surface area contributed by atoms with Gasteiger partial charge < -0.3 is 14.8 Å². The lowest BCUT2D eigenvalue weighted by molar-refractivity contribution is -0.0679. The van der Waals surface area contributed by atoms with Crippen LogP contribution in [0.2, 0.25) is 0 Å². The van der Waals surface area contributed by atoms with Crippen LogP contribution in [0.15, 0.2) is 0 Å². The van der Waals surface area contributed by atoms with Crippen LogP contribution >= 0.6 is 0 Å². The number of rotatable bonds is 7. The number of methoxy groups -OCH3 is 2. The van der Waals surface area contributed by atoms with Crippen molar-refractivity contribution in [3.05, 3.63) is 0 Å². The van der Waals surface area contributed by atoms with E-state index in [0.29, 0.717) is 6.04 Å². The van der Waals surface area contributed by atoms with E-state index in [9.17, 15) is 0 Å². The average Bonchev–Trinajstić information content (AvgIpc) is 3.18. The molecule has 0 spiro atoms. The fourth-order valence-electron chi connectivity index (χ4n) is 2.80. The third-order valence-electron chi connectivity index (χ3n) is 4.28. The lowest BCUT2D eigenvalue weighted by Crippen LogP contribution is -2.55. The van der Waals surface area contributed by atoms with E-state index in [1.807, 2.05) is 7.11 Å². The summed E-state index contributed by atoms with van der Waals surface area (Å²) in [6, 6.07) is 1.24. The summed E-state index contributed by atoms with van der Waals surface area (Å²) in [5.41, 5.74) is 0.0177. The van der Waals surface area contributed by atoms with Crippen molar-refractivity contribution in [2.45, 2.75) is 50.3 Å². The molecule has 106 valence electrons. The van der Waals surface area contributed by atoms with Crippen molar-refractivity contribution >= 4 is 0 Å². The molecule has 18 heavy (non-hydrogen) atoms. The summed E-state index contributed by atoms with van der Waals surface area (Å²) in [4.78, 5) is 2.53. The van der Waals surface area contributed by atoms with Gasteiger partial charge in [-0.05, 0) is 39.2 Å². The van der Waals surface area contributed by atoms with Crippen LogP contribution in [-0.4, -0.2) is 63.0 Å². The molecule has 4 nitrogen and oxygen atoms in total. The zero-order valence-corrected chi connectivity index (χ0v) is 12.1. The molecular formula is C14H28N2O2. The molecule has 1 saturated carbocycles. The Morgan fingerprint density at radius 3 is 2.78 bits per heavy atom. The zero-order valence-electron chi connectivity index (χ0n) is 12.1. The first-order valence-corrected chi connectivity index (χ1v) is 7.18. The first-order chi connectivity index (χ1) is 8.67. The van der Waals surface area contributed by atoms with Crippen molar-refractivity contribution in [1.82, 2.24) is 10.2 Å². The first kappa shape index (κ1) is 14.3. The van der Waals surface area contributed by atoms with Gasteiger partial charge in [0.15, 0.2) is 0 Å². The Balaban J connectivity index is 1.86. The molecule has 4 heteroatoms. The van der Waals surface area contributed by atoms with Gasteiger partial charge in [-0.2, -0.15) is 0 Å². The number of ether oxygens (including phenoxy) is 2. The van der Waals surface area contributed by atoms with Crippen molar-refractivity contribution in [2.24, 2.45) is 0 Å². The van der Waals surface area contributed by atoms with Crippen LogP contribution in [0.25, 0.3) is 0 Å². The minimum atomic E-state index is 0.0177. The van der Waals surface area contributed by atoms with E-state index in [-0.39, 0.29) is 5.60 Å². The van der Waals surface area contributed by atoms with Gasteiger partial charge in [0.25, 0.3) is 0 Å². The second-order valence-electron chi connectivity index (χ2n) is 6.02. The van der Waals surface area contributed by atoms with Gasteiger partial charge in [0.2, 0.25) is 0 Å². The molecule has 1 aliphatic heterocycles. The maximum atomic E-state index is 5.67. The van der Waals surface area contributed by atoms with Crippen LogP contribution in [-0.2, 0) is 9.47 Å². The lowest BCUT2D eigenvalue weighted by atomic mass is 9.93. The molecule has 0 radical (unpaired) electrons. The maximum Gasteiger partial charge on any atom is 0.0777 e. The predicted molar refractivity (Wildman–Crippen MR) is 72.9 cm³/mol. The van der Waals surface area contributed by atoms with Crippen LogP contribution in [0.1, 0.15) is 32.6 Å². The standard InChI is InChI=1S/C14H28N2O2/c1-14(18-3)7-4-8-16(11-14)13(10-17-2)9-15-12-5-6-12/h12-13,15H,4-11H2,1-3H3. The van der Waals surface area contributed by atoms with Crippen molar-refractivity contribution in [1.29, 1.82) is 0 Å². The van der Waals surface area contributed by atoms with Gasteiger partial charge in [-0.15, -0.1) is 0 Å². The predicted octanol–water partition coefficient (Wildman–Crippen LogP) is 1.25. The summed E-state index contributed by atoms with van der Waals surface area (Å²) in [5.74, 6) is 0. The number of piperidine rings is 1. The Morgan fingerprint density at radius 2 is 2.17 bits per heavy atom. The molecule has 2 aliphatic rings. The smallest absolute Gasteiger partial charge is 0.0777 e. The number of nitrogens with one attached hydrogen (secondary N) is 1. The van der Waals surface area contributed by atoms with Gasteiger partial charge in [0.05, 0.1) is 12.2 Å². The average molecular weight is 256 g/mol. The molecule has 2 rings (SSSR count). The Kier molecular flexibility index (Phi) is 5.01. The van der Waals surface area contributed by atoms with Crippen molar-refractivity contribution in [2.75, 3.05) is 40.5 Å². The largest absolute Gasteiger partial charge is 0.383 e. The van der Waals surface area contributed by atoms with Gasteiger partial charge in [-0.3, -0.25) is 4.90 Å². The number of likely N-dealkylation sites (tertiary alicyclic amines) is 1. The Hall–Kier alpha value is -0.160. The molecule has 0 aromatic rings. The van der Waals surface area contributed by atoms with Gasteiger partial charge in [-0.1, -0.05) is 0 Å². The lowest BCUT2D eigenvalue weighted by Gasteiger charge is -2.43. The quantitative estimate of drug-likeness (QED) is 0.743. The topological polar surface area (TPSA) is 33.7 Å². The van der Waals surface area contributed by atoms with Gasteiger partial charge in [0, 0.05) is 39.4 Å². The summed E-state index contributed by atoms with van der Waals surface area (Å²) in [6.45, 7) is 6.25. The fraction of sp³-hybridized carbons (Fsp3) is 1.00. The molecule has 2 unspecified atom stereocenters. The number of hydrogen-bond donors (Lipinski definition) is 1. The van der Waals surface area contributed by atoms with Crippen LogP contribution in [0.4, 0.5) is 0 Å². The highest BCUT2D eigenvalue weighted by molar-refractivity contribution is 4.90. The Morgan fingerprint density at radius 1 is 1.39 bits per heavy atom. The highest BCUT2D eigenvalue weighted by Gasteiger charge is 2.34. The highest BCUT2D eigenvalue weighted by atomic mass is 16.5. The maximum absolute atomic E-state index is 5.67. The molecule has 1 saturated heterocycles. The minimum Gasteiger partial charge on any atom is -0.383 e. The van der Waals surface area contributed by atoms with Gasteiger partial charge >= 0.3 is 0 Å². The van der Waals surface area contributed by atoms with Crippen LogP contribution in [0, 0.1) is 0 Å². The monoisotopic (exact) mass is 256 g/mol. The van der Waals surface area contributed by atoms with E-state index < -0.39 is 0 Å². The second kappa shape index (κ2) is 6.33. The van der Waals surface area contributed by atoms with Gasteiger partial charge in [-0.25, -0.2) is 0 Å². The molecule has 1 aliphatic carbocycles. The fourth-order valence-corrected chi connectivity index (χ4v) is 2.80. The molecule has 0 aromatic carbocycles. The third-order valence-corrected chi connectivity index (χ3v) is 4.28. The third kappa shape index (κ3) is 3.92. The zero-order chi connectivity index (χ0) is 13.0. The summed E-state index contributed by atoms with van der Waals surface area (Å²) >= 11 is 0. The first-order valence-electron chi connectivity index (χ1n) is 7.18. The van der Waals surface area contributed by atoms with Crippen molar-refractivity contribution < 1.29 is 9.47 Å². The SMILES string of the molecule is COCC(CNC1CC1)N1CCCC(C)(OC)C1. The van der Waals surface area contributed by atoms with E-state index in [4.69, 9.17) is 9.47 Å². The molecule has 1 heterocycles. The molecule has 0 bridgehead atoms. The highest BCUT2D eigenvalue weighted by Crippen LogP contribution is 2.25. The molecule has 0 amide bonds. The van der Waals surface area contributed by atoms with Crippen molar-refractivity contribution in [3.8, 4) is 0 Å². The van der Waals surface area contributed by atoms with Crippen LogP contribution < -0.4 is 5.32 Å². The minimum absolute atomic E-state index is 0.0177. The van der Waals surface area contributed by atoms with Gasteiger partial charge in [0.1, 0.15) is 0 Å². The molecule has 2 atom stereocenters. The molecular weight excluding hydrogens is 228 g/mol. The van der Waals surface area contributed by atoms with Crippen LogP contribution in [0.3, 0.4) is 0 Å². The second-order valence-corrected chi connectivity index (χ2v) is 6.02. The summed E-state index contributed by atoms with van der Waals surface area (Å²) in [7, 11) is 3.63. The van der Waals surface area contributed by atoms with Crippen LogP contribution in [0.5, 0.6) is 0 Å². The molecule has 2 fully saturated rings. The Labute approximate surface area is 111 Å². The normalized spacial score (nSPS) is 31.5. The summed E-state index contributed by atoms with van der Waals surface area (Å²) in [6.07, 6.45) is 5.06. The van der Waals surface area contributed by atoms with E-state index in [1.165, 1.54) is 25.8 Å². The van der Waals surface area contributed by atoms with E-state index in [0.717, 1.165) is 32.2 Å². The summed E-state index contributed by atoms with van der Waals surface area (Å²) in [5, 5.41) is 3.62. The summed E-state index contributed by atoms with van der Waals surface area (Å²) < 4.78 is 11.1. The number of hydrogen-bond acceptors (Lipinski definition) is 4. The van der Waals surface area contributed by atoms with E-state index in [2.05, 4.69) is 17.1 Å².